The highest BCUT2D eigenvalue weighted by Crippen LogP contribution is 2.25. The molecule has 0 aliphatic carbocycles. The zero-order valence-electron chi connectivity index (χ0n) is 13.3. The minimum Gasteiger partial charge on any atom is -0.469 e. The van der Waals surface area contributed by atoms with Crippen LogP contribution >= 0.6 is 11.6 Å². The Morgan fingerprint density at radius 2 is 2.00 bits per heavy atom. The number of aromatic nitrogens is 1. The fourth-order valence-electron chi connectivity index (χ4n) is 2.21. The number of ketones is 1. The van der Waals surface area contributed by atoms with Crippen LogP contribution < -0.4 is 5.32 Å². The maximum absolute atomic E-state index is 12.4. The molecule has 1 heterocycles. The summed E-state index contributed by atoms with van der Waals surface area (Å²) in [6, 6.07) is 7.73. The van der Waals surface area contributed by atoms with E-state index in [9.17, 15) is 14.4 Å². The molecule has 1 aromatic carbocycles. The van der Waals surface area contributed by atoms with E-state index in [-0.39, 0.29) is 17.9 Å². The first kappa shape index (κ1) is 17.7. The Kier molecular flexibility index (Phi) is 5.76. The van der Waals surface area contributed by atoms with Gasteiger partial charge in [0.15, 0.2) is 5.78 Å². The van der Waals surface area contributed by atoms with Gasteiger partial charge in [0.2, 0.25) is 0 Å². The van der Waals surface area contributed by atoms with E-state index in [4.69, 9.17) is 11.6 Å². The molecule has 126 valence electrons. The molecule has 1 amide bonds. The number of rotatable bonds is 6. The third-order valence-corrected chi connectivity index (χ3v) is 3.86. The summed E-state index contributed by atoms with van der Waals surface area (Å²) in [5.74, 6) is -1.07. The van der Waals surface area contributed by atoms with Gasteiger partial charge in [-0.2, -0.15) is 0 Å². The Bertz CT molecular complexity index is 769. The average molecular weight is 349 g/mol. The van der Waals surface area contributed by atoms with Gasteiger partial charge in [-0.15, -0.1) is 0 Å². The third-order valence-electron chi connectivity index (χ3n) is 3.52. The molecule has 0 spiro atoms. The van der Waals surface area contributed by atoms with Crippen molar-refractivity contribution in [2.45, 2.75) is 19.4 Å². The lowest BCUT2D eigenvalue weighted by Crippen LogP contribution is -2.31. The lowest BCUT2D eigenvalue weighted by atomic mass is 10.0. The zero-order chi connectivity index (χ0) is 17.7. The second-order valence-electron chi connectivity index (χ2n) is 5.19. The predicted octanol–water partition coefficient (Wildman–Crippen LogP) is 2.90. The summed E-state index contributed by atoms with van der Waals surface area (Å²) in [6.07, 6.45) is 1.40. The van der Waals surface area contributed by atoms with Crippen molar-refractivity contribution in [3.8, 4) is 0 Å². The molecule has 24 heavy (non-hydrogen) atoms. The zero-order valence-corrected chi connectivity index (χ0v) is 14.0. The van der Waals surface area contributed by atoms with Crippen molar-refractivity contribution in [2.75, 3.05) is 7.11 Å². The van der Waals surface area contributed by atoms with Gasteiger partial charge in [-0.25, -0.2) is 0 Å². The molecular weight excluding hydrogens is 332 g/mol. The van der Waals surface area contributed by atoms with Crippen LogP contribution in [0.5, 0.6) is 0 Å². The normalized spacial score (nSPS) is 11.6. The molecule has 1 unspecified atom stereocenters. The Labute approximate surface area is 144 Å². The number of hydrogen-bond donors (Lipinski definition) is 2. The van der Waals surface area contributed by atoms with Gasteiger partial charge in [-0.1, -0.05) is 29.8 Å². The van der Waals surface area contributed by atoms with Crippen LogP contribution in [0.25, 0.3) is 0 Å². The van der Waals surface area contributed by atoms with Gasteiger partial charge in [0.25, 0.3) is 5.91 Å². The fraction of sp³-hybridized carbons (Fsp3) is 0.235. The topological polar surface area (TPSA) is 88.3 Å². The number of carbonyl (C=O) groups excluding carboxylic acids is 3. The van der Waals surface area contributed by atoms with Crippen molar-refractivity contribution in [3.63, 3.8) is 0 Å². The molecule has 2 N–H and O–H groups in total. The maximum atomic E-state index is 12.4. The second kappa shape index (κ2) is 7.79. The molecule has 0 saturated carbocycles. The highest BCUT2D eigenvalue weighted by Gasteiger charge is 2.22. The molecule has 1 atom stereocenters. The molecule has 2 rings (SSSR count). The number of carbonyl (C=O) groups is 3. The van der Waals surface area contributed by atoms with E-state index in [1.165, 1.54) is 26.3 Å². The van der Waals surface area contributed by atoms with Gasteiger partial charge < -0.3 is 15.0 Å². The van der Waals surface area contributed by atoms with Crippen LogP contribution in [-0.4, -0.2) is 29.8 Å². The molecule has 2 aromatic rings. The highest BCUT2D eigenvalue weighted by atomic mass is 35.5. The highest BCUT2D eigenvalue weighted by molar-refractivity contribution is 6.31. The first-order chi connectivity index (χ1) is 11.4. The quantitative estimate of drug-likeness (QED) is 0.620. The minimum atomic E-state index is -0.650. The number of amides is 1. The van der Waals surface area contributed by atoms with Crippen LogP contribution in [0, 0.1) is 0 Å². The standard InChI is InChI=1S/C17H17ClN2O4/c1-10(21)11-7-15(19-9-11)17(23)20-14(8-16(22)24-2)12-5-3-4-6-13(12)18/h3-7,9,14,19H,8H2,1-2H3,(H,20,23). The molecule has 0 aliphatic heterocycles. The van der Waals surface area contributed by atoms with E-state index >= 15 is 0 Å². The summed E-state index contributed by atoms with van der Waals surface area (Å²) in [4.78, 5) is 38.1. The van der Waals surface area contributed by atoms with Crippen LogP contribution in [0.4, 0.5) is 0 Å². The van der Waals surface area contributed by atoms with Crippen molar-refractivity contribution in [3.05, 3.63) is 58.4 Å². The number of hydrogen-bond acceptors (Lipinski definition) is 4. The summed E-state index contributed by atoms with van der Waals surface area (Å²) in [5.41, 5.74) is 1.24. The first-order valence-electron chi connectivity index (χ1n) is 7.23. The van der Waals surface area contributed by atoms with E-state index < -0.39 is 17.9 Å². The Balaban J connectivity index is 2.24. The number of ether oxygens (including phenoxy) is 1. The third kappa shape index (κ3) is 4.23. The van der Waals surface area contributed by atoms with Gasteiger partial charge in [0.05, 0.1) is 19.6 Å². The SMILES string of the molecule is COC(=O)CC(NC(=O)c1cc(C(C)=O)c[nH]1)c1ccccc1Cl. The fourth-order valence-corrected chi connectivity index (χ4v) is 2.48. The monoisotopic (exact) mass is 348 g/mol. The van der Waals surface area contributed by atoms with Crippen LogP contribution in [0.3, 0.4) is 0 Å². The van der Waals surface area contributed by atoms with Crippen molar-refractivity contribution in [1.29, 1.82) is 0 Å². The molecular formula is C17H17ClN2O4. The molecule has 0 radical (unpaired) electrons. The van der Waals surface area contributed by atoms with Crippen molar-refractivity contribution in [1.82, 2.24) is 10.3 Å². The smallest absolute Gasteiger partial charge is 0.307 e. The number of nitrogens with one attached hydrogen (secondary N) is 2. The predicted molar refractivity (Wildman–Crippen MR) is 89.1 cm³/mol. The first-order valence-corrected chi connectivity index (χ1v) is 7.61. The number of benzene rings is 1. The van der Waals surface area contributed by atoms with Gasteiger partial charge in [-0.3, -0.25) is 14.4 Å². The maximum Gasteiger partial charge on any atom is 0.307 e. The summed E-state index contributed by atoms with van der Waals surface area (Å²) in [5, 5.41) is 3.17. The Hall–Kier alpha value is -2.60. The second-order valence-corrected chi connectivity index (χ2v) is 5.59. The van der Waals surface area contributed by atoms with Gasteiger partial charge in [0, 0.05) is 16.8 Å². The molecule has 7 heteroatoms. The Morgan fingerprint density at radius 3 is 2.58 bits per heavy atom. The van der Waals surface area contributed by atoms with Crippen LogP contribution in [0.2, 0.25) is 5.02 Å². The summed E-state index contributed by atoms with van der Waals surface area (Å²) in [6.45, 7) is 1.41. The van der Waals surface area contributed by atoms with Crippen LogP contribution in [-0.2, 0) is 9.53 Å². The van der Waals surface area contributed by atoms with Crippen LogP contribution in [0.15, 0.2) is 36.5 Å². The number of aromatic amines is 1. The number of H-pyrrole nitrogens is 1. The lowest BCUT2D eigenvalue weighted by molar-refractivity contribution is -0.141. The lowest BCUT2D eigenvalue weighted by Gasteiger charge is -2.19. The van der Waals surface area contributed by atoms with E-state index in [0.29, 0.717) is 16.1 Å². The molecule has 0 aliphatic rings. The number of esters is 1. The van der Waals surface area contributed by atoms with E-state index in [0.717, 1.165) is 0 Å². The molecule has 0 bridgehead atoms. The van der Waals surface area contributed by atoms with Crippen molar-refractivity contribution < 1.29 is 19.1 Å². The molecule has 1 aromatic heterocycles. The molecule has 6 nitrogen and oxygen atoms in total. The van der Waals surface area contributed by atoms with Gasteiger partial charge in [-0.05, 0) is 24.6 Å². The van der Waals surface area contributed by atoms with E-state index in [2.05, 4.69) is 15.0 Å². The van der Waals surface area contributed by atoms with Crippen LogP contribution in [0.1, 0.15) is 45.8 Å². The average Bonchev–Trinajstić information content (AvgIpc) is 3.05. The largest absolute Gasteiger partial charge is 0.469 e. The van der Waals surface area contributed by atoms with Gasteiger partial charge >= 0.3 is 5.97 Å². The summed E-state index contributed by atoms with van der Waals surface area (Å²) in [7, 11) is 1.28. The summed E-state index contributed by atoms with van der Waals surface area (Å²) < 4.78 is 4.68. The molecule has 0 saturated heterocycles. The number of Topliss-reactive ketones (excluding diaryl/α,β-unsaturated/α-hetero) is 1. The van der Waals surface area contributed by atoms with Crippen molar-refractivity contribution >= 4 is 29.3 Å². The number of methoxy groups -OCH3 is 1. The van der Waals surface area contributed by atoms with Crippen molar-refractivity contribution in [2.24, 2.45) is 0 Å². The molecule has 0 fully saturated rings. The number of halogens is 1. The van der Waals surface area contributed by atoms with E-state index in [1.54, 1.807) is 24.3 Å². The Morgan fingerprint density at radius 1 is 1.29 bits per heavy atom. The summed E-state index contributed by atoms with van der Waals surface area (Å²) >= 11 is 6.16. The van der Waals surface area contributed by atoms with E-state index in [1.807, 2.05) is 0 Å². The minimum absolute atomic E-state index is 0.0632. The van der Waals surface area contributed by atoms with Gasteiger partial charge in [0.1, 0.15) is 5.69 Å².